The molecule has 1 aromatic rings. The highest BCUT2D eigenvalue weighted by molar-refractivity contribution is 6.36. The molecular formula is C13H15Cl2NO4. The summed E-state index contributed by atoms with van der Waals surface area (Å²) in [6, 6.07) is 4.40. The monoisotopic (exact) mass is 319 g/mol. The number of esters is 1. The highest BCUT2D eigenvalue weighted by atomic mass is 35.5. The Hall–Kier alpha value is -1.30. The molecule has 0 saturated carbocycles. The standard InChI is InChI=1S/C13H15Cl2NO4/c1-8(12(17)16-5-6-19-2)20-13(18)10-4-3-9(14)7-11(10)15/h3-4,7-8H,5-6H2,1-2H3,(H,16,17)/t8-/m0/s1. The van der Waals surface area contributed by atoms with Crippen LogP contribution in [-0.2, 0) is 14.3 Å². The lowest BCUT2D eigenvalue weighted by molar-refractivity contribution is -0.129. The Morgan fingerprint density at radius 1 is 1.35 bits per heavy atom. The van der Waals surface area contributed by atoms with Crippen molar-refractivity contribution in [3.8, 4) is 0 Å². The van der Waals surface area contributed by atoms with Crippen molar-refractivity contribution in [2.75, 3.05) is 20.3 Å². The van der Waals surface area contributed by atoms with Crippen LogP contribution in [0, 0.1) is 0 Å². The fraction of sp³-hybridized carbons (Fsp3) is 0.385. The minimum absolute atomic E-state index is 0.160. The van der Waals surface area contributed by atoms with E-state index in [9.17, 15) is 9.59 Å². The molecule has 1 aromatic carbocycles. The van der Waals surface area contributed by atoms with E-state index < -0.39 is 18.0 Å². The number of methoxy groups -OCH3 is 1. The molecule has 0 bridgehead atoms. The lowest BCUT2D eigenvalue weighted by atomic mass is 10.2. The third-order valence-electron chi connectivity index (χ3n) is 2.41. The van der Waals surface area contributed by atoms with Crippen LogP contribution in [-0.4, -0.2) is 38.2 Å². The minimum Gasteiger partial charge on any atom is -0.449 e. The molecule has 0 unspecified atom stereocenters. The molecule has 1 atom stereocenters. The van der Waals surface area contributed by atoms with E-state index in [0.717, 1.165) is 0 Å². The van der Waals surface area contributed by atoms with Crippen LogP contribution in [0.5, 0.6) is 0 Å². The lowest BCUT2D eigenvalue weighted by Crippen LogP contribution is -2.37. The number of benzene rings is 1. The van der Waals surface area contributed by atoms with E-state index in [1.807, 2.05) is 0 Å². The zero-order valence-corrected chi connectivity index (χ0v) is 12.6. The second-order valence-electron chi connectivity index (χ2n) is 3.96. The van der Waals surface area contributed by atoms with E-state index in [0.29, 0.717) is 18.2 Å². The molecule has 0 fully saturated rings. The molecule has 5 nitrogen and oxygen atoms in total. The molecule has 0 aliphatic rings. The number of carbonyl (C=O) groups excluding carboxylic acids is 2. The predicted molar refractivity (Wildman–Crippen MR) is 76.2 cm³/mol. The van der Waals surface area contributed by atoms with E-state index in [-0.39, 0.29) is 10.6 Å². The average Bonchev–Trinajstić information content (AvgIpc) is 2.38. The van der Waals surface area contributed by atoms with Crippen LogP contribution in [0.15, 0.2) is 18.2 Å². The molecule has 1 amide bonds. The first-order valence-corrected chi connectivity index (χ1v) is 6.64. The fourth-order valence-corrected chi connectivity index (χ4v) is 1.84. The largest absolute Gasteiger partial charge is 0.449 e. The molecule has 7 heteroatoms. The van der Waals surface area contributed by atoms with Crippen molar-refractivity contribution in [1.29, 1.82) is 0 Å². The number of ether oxygens (including phenoxy) is 2. The maximum absolute atomic E-state index is 11.9. The van der Waals surface area contributed by atoms with Gasteiger partial charge in [0.25, 0.3) is 5.91 Å². The molecule has 0 spiro atoms. The van der Waals surface area contributed by atoms with Gasteiger partial charge >= 0.3 is 5.97 Å². The summed E-state index contributed by atoms with van der Waals surface area (Å²) < 4.78 is 9.83. The first kappa shape index (κ1) is 16.8. The summed E-state index contributed by atoms with van der Waals surface area (Å²) in [4.78, 5) is 23.5. The normalized spacial score (nSPS) is 11.8. The van der Waals surface area contributed by atoms with Gasteiger partial charge < -0.3 is 14.8 Å². The van der Waals surface area contributed by atoms with Gasteiger partial charge in [0.15, 0.2) is 6.10 Å². The van der Waals surface area contributed by atoms with Crippen LogP contribution >= 0.6 is 23.2 Å². The maximum Gasteiger partial charge on any atom is 0.340 e. The Kier molecular flexibility index (Phi) is 6.78. The van der Waals surface area contributed by atoms with Gasteiger partial charge in [-0.3, -0.25) is 4.79 Å². The van der Waals surface area contributed by atoms with Gasteiger partial charge in [-0.05, 0) is 25.1 Å². The maximum atomic E-state index is 11.9. The quantitative estimate of drug-likeness (QED) is 0.645. The number of hydrogen-bond acceptors (Lipinski definition) is 4. The summed E-state index contributed by atoms with van der Waals surface area (Å²) in [5.41, 5.74) is 0.160. The topological polar surface area (TPSA) is 64.6 Å². The van der Waals surface area contributed by atoms with Crippen molar-refractivity contribution in [3.63, 3.8) is 0 Å². The van der Waals surface area contributed by atoms with Gasteiger partial charge in [0, 0.05) is 18.7 Å². The number of halogens is 2. The van der Waals surface area contributed by atoms with Crippen LogP contribution < -0.4 is 5.32 Å². The Labute approximate surface area is 127 Å². The zero-order chi connectivity index (χ0) is 15.1. The fourth-order valence-electron chi connectivity index (χ4n) is 1.35. The highest BCUT2D eigenvalue weighted by Gasteiger charge is 2.20. The van der Waals surface area contributed by atoms with E-state index in [1.54, 1.807) is 0 Å². The summed E-state index contributed by atoms with van der Waals surface area (Å²) in [6.07, 6.45) is -0.925. The number of nitrogens with one attached hydrogen (secondary N) is 1. The smallest absolute Gasteiger partial charge is 0.340 e. The summed E-state index contributed by atoms with van der Waals surface area (Å²) >= 11 is 11.6. The van der Waals surface area contributed by atoms with Crippen molar-refractivity contribution >= 4 is 35.1 Å². The molecular weight excluding hydrogens is 305 g/mol. The second kappa shape index (κ2) is 8.09. The van der Waals surface area contributed by atoms with Gasteiger partial charge in [-0.2, -0.15) is 0 Å². The van der Waals surface area contributed by atoms with Crippen LogP contribution in [0.25, 0.3) is 0 Å². The first-order chi connectivity index (χ1) is 9.45. The molecule has 0 saturated heterocycles. The summed E-state index contributed by atoms with van der Waals surface area (Å²) in [5, 5.41) is 3.16. The van der Waals surface area contributed by atoms with Crippen LogP contribution in [0.2, 0.25) is 10.0 Å². The summed E-state index contributed by atoms with van der Waals surface area (Å²) in [6.45, 7) is 2.21. The lowest BCUT2D eigenvalue weighted by Gasteiger charge is -2.13. The van der Waals surface area contributed by atoms with E-state index in [4.69, 9.17) is 32.7 Å². The molecule has 0 aliphatic carbocycles. The Bertz CT molecular complexity index is 493. The van der Waals surface area contributed by atoms with Crippen LogP contribution in [0.4, 0.5) is 0 Å². The second-order valence-corrected chi connectivity index (χ2v) is 4.80. The predicted octanol–water partition coefficient (Wildman–Crippen LogP) is 2.30. The van der Waals surface area contributed by atoms with Crippen molar-refractivity contribution in [2.24, 2.45) is 0 Å². The zero-order valence-electron chi connectivity index (χ0n) is 11.1. The molecule has 1 rings (SSSR count). The SMILES string of the molecule is COCCNC(=O)[C@H](C)OC(=O)c1ccc(Cl)cc1Cl. The molecule has 0 aromatic heterocycles. The third-order valence-corrected chi connectivity index (χ3v) is 2.96. The van der Waals surface area contributed by atoms with Crippen LogP contribution in [0.3, 0.4) is 0 Å². The van der Waals surface area contributed by atoms with Gasteiger partial charge in [-0.25, -0.2) is 4.79 Å². The van der Waals surface area contributed by atoms with Gasteiger partial charge in [-0.15, -0.1) is 0 Å². The van der Waals surface area contributed by atoms with E-state index >= 15 is 0 Å². The Morgan fingerprint density at radius 3 is 2.65 bits per heavy atom. The number of rotatable bonds is 6. The average molecular weight is 320 g/mol. The third kappa shape index (κ3) is 5.00. The highest BCUT2D eigenvalue weighted by Crippen LogP contribution is 2.22. The Balaban J connectivity index is 2.58. The van der Waals surface area contributed by atoms with Crippen molar-refractivity contribution in [1.82, 2.24) is 5.32 Å². The van der Waals surface area contributed by atoms with Crippen molar-refractivity contribution < 1.29 is 19.1 Å². The van der Waals surface area contributed by atoms with Gasteiger partial charge in [0.05, 0.1) is 17.2 Å². The van der Waals surface area contributed by atoms with Gasteiger partial charge in [0.2, 0.25) is 0 Å². The molecule has 0 aliphatic heterocycles. The Morgan fingerprint density at radius 2 is 2.05 bits per heavy atom. The van der Waals surface area contributed by atoms with Crippen molar-refractivity contribution in [3.05, 3.63) is 33.8 Å². The van der Waals surface area contributed by atoms with E-state index in [1.165, 1.54) is 32.2 Å². The first-order valence-electron chi connectivity index (χ1n) is 5.88. The minimum atomic E-state index is -0.925. The van der Waals surface area contributed by atoms with Crippen LogP contribution in [0.1, 0.15) is 17.3 Å². The van der Waals surface area contributed by atoms with Gasteiger partial charge in [-0.1, -0.05) is 23.2 Å². The molecule has 1 N–H and O–H groups in total. The molecule has 0 heterocycles. The van der Waals surface area contributed by atoms with Crippen molar-refractivity contribution in [2.45, 2.75) is 13.0 Å². The molecule has 20 heavy (non-hydrogen) atoms. The molecule has 0 radical (unpaired) electrons. The molecule has 110 valence electrons. The summed E-state index contributed by atoms with van der Waals surface area (Å²) in [7, 11) is 1.53. The van der Waals surface area contributed by atoms with E-state index in [2.05, 4.69) is 5.32 Å². The summed E-state index contributed by atoms with van der Waals surface area (Å²) in [5.74, 6) is -1.08. The number of amides is 1. The number of hydrogen-bond donors (Lipinski definition) is 1. The van der Waals surface area contributed by atoms with Gasteiger partial charge in [0.1, 0.15) is 0 Å². The number of carbonyl (C=O) groups is 2.